The minimum Gasteiger partial charge on any atom is -0.373 e. The Morgan fingerprint density at radius 3 is 1.41 bits per heavy atom. The molecule has 2 aromatic carbocycles. The van der Waals surface area contributed by atoms with Gasteiger partial charge in [-0.25, -0.2) is 0 Å². The molecule has 3 heteroatoms. The van der Waals surface area contributed by atoms with Crippen molar-refractivity contribution in [1.82, 2.24) is 0 Å². The fourth-order valence-corrected chi connectivity index (χ4v) is 4.70. The Balaban J connectivity index is 2.47. The van der Waals surface area contributed by atoms with E-state index in [4.69, 9.17) is 8.85 Å². The lowest BCUT2D eigenvalue weighted by Gasteiger charge is -2.26. The summed E-state index contributed by atoms with van der Waals surface area (Å²) >= 11 is 0. The topological polar surface area (TPSA) is 18.5 Å². The van der Waals surface area contributed by atoms with Crippen LogP contribution < -0.4 is 0 Å². The average Bonchev–Trinajstić information content (AvgIpc) is 2.72. The fourth-order valence-electron chi connectivity index (χ4n) is 2.26. The van der Waals surface area contributed by atoms with Crippen LogP contribution in [0, 0.1) is 22.9 Å². The molecular weight excluding hydrogens is 348 g/mol. The molecule has 2 rings (SSSR count). The van der Waals surface area contributed by atoms with Gasteiger partial charge < -0.3 is 8.85 Å². The van der Waals surface area contributed by atoms with Gasteiger partial charge in [-0.05, 0) is 51.0 Å². The van der Waals surface area contributed by atoms with Crippen molar-refractivity contribution in [3.05, 3.63) is 71.8 Å². The van der Waals surface area contributed by atoms with E-state index in [2.05, 4.69) is 50.6 Å². The van der Waals surface area contributed by atoms with Crippen molar-refractivity contribution < 1.29 is 8.85 Å². The lowest BCUT2D eigenvalue weighted by molar-refractivity contribution is 0.107. The Hall–Kier alpha value is -2.30. The molecule has 0 spiro atoms. The highest BCUT2D eigenvalue weighted by atomic mass is 28.4. The Bertz CT molecular complexity index is 738. The monoisotopic (exact) mass is 376 g/mol. The molecule has 2 nitrogen and oxygen atoms in total. The highest BCUT2D eigenvalue weighted by Crippen LogP contribution is 2.16. The van der Waals surface area contributed by atoms with Crippen LogP contribution in [0.5, 0.6) is 0 Å². The van der Waals surface area contributed by atoms with E-state index in [1.54, 1.807) is 0 Å². The number of hydrogen-bond acceptors (Lipinski definition) is 2. The molecule has 0 bridgehead atoms. The zero-order valence-corrected chi connectivity index (χ0v) is 17.7. The molecule has 0 amide bonds. The summed E-state index contributed by atoms with van der Waals surface area (Å²) in [6, 6.07) is 19.8. The molecule has 27 heavy (non-hydrogen) atoms. The zero-order valence-electron chi connectivity index (χ0n) is 16.7. The molecule has 0 saturated carbocycles. The Morgan fingerprint density at radius 2 is 1.07 bits per heavy atom. The number of rotatable bonds is 6. The lowest BCUT2D eigenvalue weighted by atomic mass is 10.2. The van der Waals surface area contributed by atoms with Gasteiger partial charge in [-0.2, -0.15) is 0 Å². The largest absolute Gasteiger partial charge is 0.512 e. The Morgan fingerprint density at radius 1 is 0.704 bits per heavy atom. The van der Waals surface area contributed by atoms with Crippen LogP contribution in [0.25, 0.3) is 0 Å². The smallest absolute Gasteiger partial charge is 0.373 e. The third-order valence-electron chi connectivity index (χ3n) is 4.17. The van der Waals surface area contributed by atoms with Crippen molar-refractivity contribution in [2.45, 2.75) is 52.7 Å². The quantitative estimate of drug-likeness (QED) is 0.507. The van der Waals surface area contributed by atoms with Crippen molar-refractivity contribution in [2.75, 3.05) is 0 Å². The second kappa shape index (κ2) is 10.8. The first kappa shape index (κ1) is 21.0. The normalized spacial score (nSPS) is 12.9. The Kier molecular flexibility index (Phi) is 8.36. The standard InChI is InChI=1S/C24H28O2Si/c1-5-21(3)25-27(26-22(4)6-2,19-17-23-13-9-7-10-14-23)20-18-24-15-11-8-12-16-24/h7-16,21-22H,5-6H2,1-4H3. The van der Waals surface area contributed by atoms with Crippen LogP contribution in [0.15, 0.2) is 60.7 Å². The minimum atomic E-state index is -3.05. The van der Waals surface area contributed by atoms with Crippen LogP contribution in [0.3, 0.4) is 0 Å². The molecule has 2 atom stereocenters. The average molecular weight is 377 g/mol. The highest BCUT2D eigenvalue weighted by molar-refractivity contribution is 6.83. The predicted octanol–water partition coefficient (Wildman–Crippen LogP) is 5.24. The summed E-state index contributed by atoms with van der Waals surface area (Å²) in [6.07, 6.45) is 1.85. The number of benzene rings is 2. The van der Waals surface area contributed by atoms with E-state index >= 15 is 0 Å². The van der Waals surface area contributed by atoms with Gasteiger partial charge in [0.15, 0.2) is 0 Å². The molecule has 0 radical (unpaired) electrons. The van der Waals surface area contributed by atoms with Crippen LogP contribution in [-0.2, 0) is 8.85 Å². The van der Waals surface area contributed by atoms with Crippen LogP contribution in [0.2, 0.25) is 0 Å². The predicted molar refractivity (Wildman–Crippen MR) is 114 cm³/mol. The molecule has 0 heterocycles. The first-order valence-electron chi connectivity index (χ1n) is 9.59. The van der Waals surface area contributed by atoms with Crippen LogP contribution in [-0.4, -0.2) is 20.8 Å². The summed E-state index contributed by atoms with van der Waals surface area (Å²) in [5.41, 5.74) is 8.52. The molecule has 0 aromatic heterocycles. The summed E-state index contributed by atoms with van der Waals surface area (Å²) in [4.78, 5) is 0. The van der Waals surface area contributed by atoms with Crippen molar-refractivity contribution in [1.29, 1.82) is 0 Å². The Labute approximate surface area is 165 Å². The summed E-state index contributed by atoms with van der Waals surface area (Å²) < 4.78 is 12.7. The number of hydrogen-bond donors (Lipinski definition) is 0. The SMILES string of the molecule is CCC(C)O[Si](C#Cc1ccccc1)(C#Cc1ccccc1)OC(C)CC. The van der Waals surface area contributed by atoms with Gasteiger partial charge in [0.2, 0.25) is 0 Å². The zero-order chi connectivity index (χ0) is 19.5. The van der Waals surface area contributed by atoms with Crippen LogP contribution >= 0.6 is 0 Å². The molecule has 0 N–H and O–H groups in total. The van der Waals surface area contributed by atoms with E-state index in [1.807, 2.05) is 60.7 Å². The van der Waals surface area contributed by atoms with Gasteiger partial charge in [-0.3, -0.25) is 0 Å². The molecule has 0 fully saturated rings. The van der Waals surface area contributed by atoms with E-state index in [0.29, 0.717) is 0 Å². The maximum absolute atomic E-state index is 6.37. The molecule has 140 valence electrons. The molecule has 0 aliphatic carbocycles. The van der Waals surface area contributed by atoms with Gasteiger partial charge in [-0.15, -0.1) is 0 Å². The summed E-state index contributed by atoms with van der Waals surface area (Å²) in [5, 5.41) is 0. The molecule has 2 unspecified atom stereocenters. The van der Waals surface area contributed by atoms with Gasteiger partial charge >= 0.3 is 8.56 Å². The van der Waals surface area contributed by atoms with Crippen molar-refractivity contribution in [2.24, 2.45) is 0 Å². The maximum atomic E-state index is 6.37. The van der Waals surface area contributed by atoms with Crippen molar-refractivity contribution in [3.63, 3.8) is 0 Å². The van der Waals surface area contributed by atoms with Gasteiger partial charge in [-0.1, -0.05) is 73.2 Å². The summed E-state index contributed by atoms with van der Waals surface area (Å²) in [6.45, 7) is 8.30. The van der Waals surface area contributed by atoms with Gasteiger partial charge in [0, 0.05) is 23.3 Å². The third-order valence-corrected chi connectivity index (χ3v) is 6.55. The summed E-state index contributed by atoms with van der Waals surface area (Å²) in [7, 11) is -3.05. The highest BCUT2D eigenvalue weighted by Gasteiger charge is 2.39. The second-order valence-corrected chi connectivity index (χ2v) is 8.73. The van der Waals surface area contributed by atoms with Gasteiger partial charge in [0.1, 0.15) is 0 Å². The fraction of sp³-hybridized carbons (Fsp3) is 0.333. The van der Waals surface area contributed by atoms with Crippen molar-refractivity contribution >= 4 is 8.56 Å². The van der Waals surface area contributed by atoms with Gasteiger partial charge in [0.25, 0.3) is 0 Å². The molecule has 0 saturated heterocycles. The third kappa shape index (κ3) is 7.08. The molecular formula is C24H28O2Si. The maximum Gasteiger partial charge on any atom is 0.512 e. The van der Waals surface area contributed by atoms with Crippen molar-refractivity contribution in [3.8, 4) is 22.9 Å². The second-order valence-electron chi connectivity index (χ2n) is 6.52. The van der Waals surface area contributed by atoms with Crippen LogP contribution in [0.1, 0.15) is 51.7 Å². The summed E-state index contributed by atoms with van der Waals surface area (Å²) in [5.74, 6) is 6.48. The van der Waals surface area contributed by atoms with E-state index < -0.39 is 8.56 Å². The van der Waals surface area contributed by atoms with Gasteiger partial charge in [0.05, 0.1) is 0 Å². The molecule has 2 aromatic rings. The first-order valence-corrected chi connectivity index (χ1v) is 11.4. The lowest BCUT2D eigenvalue weighted by Crippen LogP contribution is -2.45. The first-order chi connectivity index (χ1) is 13.1. The van der Waals surface area contributed by atoms with E-state index in [9.17, 15) is 0 Å². The van der Waals surface area contributed by atoms with E-state index in [0.717, 1.165) is 24.0 Å². The van der Waals surface area contributed by atoms with Crippen LogP contribution in [0.4, 0.5) is 0 Å². The minimum absolute atomic E-state index is 0.0378. The van der Waals surface area contributed by atoms with E-state index in [1.165, 1.54) is 0 Å². The molecule has 0 aliphatic heterocycles. The molecule has 0 aliphatic rings. The van der Waals surface area contributed by atoms with E-state index in [-0.39, 0.29) is 12.2 Å².